The number of carboxylic acid groups (broad SMARTS) is 6. The summed E-state index contributed by atoms with van der Waals surface area (Å²) in [7, 11) is 0. The fourth-order valence-electron chi connectivity index (χ4n) is 1.17. The zero-order valence-corrected chi connectivity index (χ0v) is 22.9. The molecule has 15 nitrogen and oxygen atoms in total. The fourth-order valence-corrected chi connectivity index (χ4v) is 1.17. The van der Waals surface area contributed by atoms with Gasteiger partial charge in [0, 0.05) is 36.0 Å². The van der Waals surface area contributed by atoms with Crippen molar-refractivity contribution in [3.05, 3.63) is 0 Å². The number of hydrogen-bond acceptors (Lipinski definition) is 15. The largest absolute Gasteiger partial charge is 3.00 e. The Bertz CT molecular complexity index is 525. The molecular weight excluding hydrogens is 694 g/mol. The molecule has 0 aromatic carbocycles. The summed E-state index contributed by atoms with van der Waals surface area (Å²) in [5, 5.41) is 58.8. The predicted octanol–water partition coefficient (Wildman–Crippen LogP) is -10.2. The van der Waals surface area contributed by atoms with Crippen LogP contribution in [-0.2, 0) is 28.8 Å². The fraction of sp³-hybridized carbons (Fsp3) is 0.600. The molecule has 17 heteroatoms. The zero-order valence-electron chi connectivity index (χ0n) is 16.6. The smallest absolute Gasteiger partial charge is 0.550 e. The molecule has 0 bridgehead atoms. The van der Waals surface area contributed by atoms with Gasteiger partial charge in [-0.05, 0) is 38.5 Å². The van der Waals surface area contributed by atoms with Crippen LogP contribution in [-0.4, -0.2) is 53.9 Å². The van der Waals surface area contributed by atoms with Crippen LogP contribution >= 0.6 is 0 Å². The van der Waals surface area contributed by atoms with Gasteiger partial charge in [-0.1, -0.05) is 0 Å². The number of carboxylic acids is 6. The molecule has 32 heavy (non-hydrogen) atoms. The Morgan fingerprint density at radius 2 is 0.625 bits per heavy atom. The van der Waals surface area contributed by atoms with Gasteiger partial charge in [0.25, 0.3) is 0 Å². The summed E-state index contributed by atoms with van der Waals surface area (Å²) in [5.41, 5.74) is 14.7. The molecule has 0 amide bonds. The Labute approximate surface area is 249 Å². The van der Waals surface area contributed by atoms with Gasteiger partial charge in [-0.25, -0.2) is 0 Å². The Morgan fingerprint density at radius 3 is 0.719 bits per heavy atom. The molecule has 0 aromatic heterocycles. The van der Waals surface area contributed by atoms with E-state index < -0.39 is 53.9 Å². The van der Waals surface area contributed by atoms with E-state index in [1.165, 1.54) is 0 Å². The van der Waals surface area contributed by atoms with Crippen LogP contribution in [0.1, 0.15) is 38.5 Å². The average Bonchev–Trinajstić information content (AvgIpc) is 2.62. The summed E-state index contributed by atoms with van der Waals surface area (Å²) in [6, 6.07) is -3.63. The van der Waals surface area contributed by atoms with Crippen molar-refractivity contribution in [2.45, 2.75) is 56.7 Å². The summed E-state index contributed by atoms with van der Waals surface area (Å²) in [6.07, 6.45) is -1.50. The number of aliphatic carboxylic acids is 6. The molecule has 3 atom stereocenters. The first-order valence-electron chi connectivity index (χ1n) is 8.10. The molecule has 0 aliphatic carbocycles. The Balaban J connectivity index is -0.000000110. The first-order valence-corrected chi connectivity index (χ1v) is 8.10. The van der Waals surface area contributed by atoms with Crippen molar-refractivity contribution in [3.63, 3.8) is 0 Å². The first kappa shape index (κ1) is 41.7. The van der Waals surface area contributed by atoms with E-state index in [1.807, 2.05) is 0 Å². The molecule has 0 fully saturated rings. The van der Waals surface area contributed by atoms with Crippen molar-refractivity contribution in [2.75, 3.05) is 0 Å². The minimum atomic E-state index is -1.44. The van der Waals surface area contributed by atoms with Crippen molar-refractivity contribution in [1.29, 1.82) is 0 Å². The summed E-state index contributed by atoms with van der Waals surface area (Å²) in [6.45, 7) is 0. The van der Waals surface area contributed by atoms with E-state index in [1.54, 1.807) is 0 Å². The third kappa shape index (κ3) is 34.1. The van der Waals surface area contributed by atoms with Gasteiger partial charge in [-0.3, -0.25) is 0 Å². The van der Waals surface area contributed by atoms with Crippen molar-refractivity contribution in [2.24, 2.45) is 17.2 Å². The van der Waals surface area contributed by atoms with Crippen LogP contribution in [0.3, 0.4) is 0 Å². The van der Waals surface area contributed by atoms with E-state index in [0.29, 0.717) is 0 Å². The van der Waals surface area contributed by atoms with Crippen LogP contribution in [0.4, 0.5) is 0 Å². The van der Waals surface area contributed by atoms with E-state index in [4.69, 9.17) is 17.2 Å². The van der Waals surface area contributed by atoms with Crippen LogP contribution in [0, 0.1) is 83.5 Å². The number of carbonyl (C=O) groups is 6. The van der Waals surface area contributed by atoms with Crippen LogP contribution in [0.5, 0.6) is 0 Å². The number of hydrogen-bond donors (Lipinski definition) is 3. The Morgan fingerprint density at radius 1 is 0.469 bits per heavy atom. The molecule has 6 N–H and O–H groups in total. The first-order chi connectivity index (χ1) is 13.6. The summed E-state index contributed by atoms with van der Waals surface area (Å²) >= 11 is 0. The van der Waals surface area contributed by atoms with Crippen molar-refractivity contribution in [3.8, 4) is 0 Å². The molecule has 0 saturated heterocycles. The predicted molar refractivity (Wildman–Crippen MR) is 81.7 cm³/mol. The van der Waals surface area contributed by atoms with Gasteiger partial charge in [0.2, 0.25) is 0 Å². The van der Waals surface area contributed by atoms with Gasteiger partial charge in [-0.2, -0.15) is 0 Å². The van der Waals surface area contributed by atoms with Gasteiger partial charge in [0.1, 0.15) is 0 Å². The number of carbonyl (C=O) groups excluding carboxylic acids is 6. The van der Waals surface area contributed by atoms with Crippen LogP contribution in [0.2, 0.25) is 0 Å². The second kappa shape index (κ2) is 25.1. The van der Waals surface area contributed by atoms with E-state index in [-0.39, 0.29) is 122 Å². The van der Waals surface area contributed by atoms with Gasteiger partial charge in [0.05, 0.1) is 17.9 Å². The van der Waals surface area contributed by atoms with Gasteiger partial charge >= 0.3 is 83.5 Å². The minimum Gasteiger partial charge on any atom is -0.550 e. The zero-order chi connectivity index (χ0) is 24.4. The Hall–Kier alpha value is -0.547. The van der Waals surface area contributed by atoms with Crippen molar-refractivity contribution in [1.82, 2.24) is 0 Å². The van der Waals surface area contributed by atoms with Gasteiger partial charge in [0.15, 0.2) is 0 Å². The third-order valence-electron chi connectivity index (χ3n) is 2.89. The van der Waals surface area contributed by atoms with Crippen LogP contribution in [0.15, 0.2) is 0 Å². The molecule has 0 rings (SSSR count). The minimum absolute atomic E-state index is 0. The van der Waals surface area contributed by atoms with E-state index >= 15 is 0 Å². The summed E-state index contributed by atoms with van der Waals surface area (Å²) < 4.78 is 0. The SMILES string of the molecule is NC(CCC(=O)[O-])C(=O)[O-].NC(CCC(=O)[O-])C(=O)[O-].NC(CCC(=O)[O-])C(=O)[O-].[Ce+3].[Ce+3]. The number of rotatable bonds is 12. The molecule has 0 aliphatic heterocycles. The second-order valence-corrected chi connectivity index (χ2v) is 5.51. The standard InChI is InChI=1S/3C5H9NO4.2Ce/c3*6-3(5(9)10)1-2-4(7)8;;/h3*3H,1-2,6H2,(H,7,8)(H,9,10);;/q;;;2*+3/p-6. The molecule has 0 heterocycles. The summed E-state index contributed by atoms with van der Waals surface area (Å²) in [5.74, 6) is -8.26. The van der Waals surface area contributed by atoms with Gasteiger partial charge < -0.3 is 76.6 Å². The van der Waals surface area contributed by atoms with E-state index in [2.05, 4.69) is 0 Å². The Kier molecular flexibility index (Phi) is 32.7. The summed E-state index contributed by atoms with van der Waals surface area (Å²) in [4.78, 5) is 58.8. The molecular formula is C15H21Ce2N3O12. The number of nitrogens with two attached hydrogens (primary N) is 3. The second-order valence-electron chi connectivity index (χ2n) is 5.51. The van der Waals surface area contributed by atoms with Crippen LogP contribution in [0.25, 0.3) is 0 Å². The monoisotopic (exact) mass is 715 g/mol. The molecule has 3 unspecified atom stereocenters. The topological polar surface area (TPSA) is 319 Å². The van der Waals surface area contributed by atoms with Crippen molar-refractivity contribution < 1.29 is 143 Å². The maximum atomic E-state index is 9.86. The van der Waals surface area contributed by atoms with E-state index in [0.717, 1.165) is 0 Å². The molecule has 0 spiro atoms. The third-order valence-corrected chi connectivity index (χ3v) is 2.89. The average molecular weight is 716 g/mol. The maximum Gasteiger partial charge on any atom is 3.00 e. The van der Waals surface area contributed by atoms with Crippen LogP contribution < -0.4 is 47.8 Å². The molecule has 0 saturated carbocycles. The quantitative estimate of drug-likeness (QED) is 0.169. The van der Waals surface area contributed by atoms with Crippen molar-refractivity contribution >= 4 is 35.8 Å². The van der Waals surface area contributed by atoms with Gasteiger partial charge in [-0.15, -0.1) is 0 Å². The molecule has 0 aromatic rings. The molecule has 176 valence electrons. The molecule has 0 aliphatic rings. The van der Waals surface area contributed by atoms with E-state index in [9.17, 15) is 59.4 Å². The molecule has 2 radical (unpaired) electrons. The normalized spacial score (nSPS) is 11.7. The maximum absolute atomic E-state index is 9.86.